The molecule has 1 aromatic carbocycles. The number of hydrogen-bond acceptors (Lipinski definition) is 4. The second-order valence-corrected chi connectivity index (χ2v) is 4.60. The summed E-state index contributed by atoms with van der Waals surface area (Å²) >= 11 is 0. The Morgan fingerprint density at radius 3 is 2.61 bits per heavy atom. The minimum absolute atomic E-state index is 0.185. The Bertz CT molecular complexity index is 391. The predicted molar refractivity (Wildman–Crippen MR) is 70.1 cm³/mol. The zero-order valence-electron chi connectivity index (χ0n) is 11.0. The lowest BCUT2D eigenvalue weighted by Gasteiger charge is -2.27. The van der Waals surface area contributed by atoms with Crippen molar-refractivity contribution in [2.24, 2.45) is 5.73 Å². The molecule has 1 aliphatic carbocycles. The molecule has 2 rings (SSSR count). The van der Waals surface area contributed by atoms with E-state index in [0.29, 0.717) is 12.7 Å². The second kappa shape index (κ2) is 6.07. The van der Waals surface area contributed by atoms with Gasteiger partial charge in [0, 0.05) is 5.56 Å². The Kier molecular flexibility index (Phi) is 4.44. The molecule has 1 saturated carbocycles. The quantitative estimate of drug-likeness (QED) is 0.842. The Hall–Kier alpha value is -1.26. The normalized spacial score (nSPS) is 17.1. The molecule has 0 bridgehead atoms. The van der Waals surface area contributed by atoms with Gasteiger partial charge in [-0.2, -0.15) is 0 Å². The summed E-state index contributed by atoms with van der Waals surface area (Å²) in [5, 5.41) is 0. The fraction of sp³-hybridized carbons (Fsp3) is 0.571. The molecular formula is C14H21NO3. The molecule has 0 aliphatic heterocycles. The monoisotopic (exact) mass is 251 g/mol. The molecule has 4 heteroatoms. The summed E-state index contributed by atoms with van der Waals surface area (Å²) in [6.45, 7) is 0.522. The third-order valence-corrected chi connectivity index (χ3v) is 3.40. The molecule has 1 aliphatic rings. The summed E-state index contributed by atoms with van der Waals surface area (Å²) in [6, 6.07) is 5.46. The van der Waals surface area contributed by atoms with Crippen LogP contribution in [0, 0.1) is 0 Å². The van der Waals surface area contributed by atoms with E-state index in [4.69, 9.17) is 19.9 Å². The van der Waals surface area contributed by atoms with Crippen LogP contribution in [0.1, 0.15) is 30.9 Å². The lowest BCUT2D eigenvalue weighted by molar-refractivity contribution is -0.00467. The summed E-state index contributed by atoms with van der Waals surface area (Å²) in [5.41, 5.74) is 7.09. The number of nitrogens with two attached hydrogens (primary N) is 1. The van der Waals surface area contributed by atoms with Crippen LogP contribution in [0.4, 0.5) is 0 Å². The van der Waals surface area contributed by atoms with Gasteiger partial charge in [-0.3, -0.25) is 0 Å². The van der Waals surface area contributed by atoms with Gasteiger partial charge in [-0.1, -0.05) is 0 Å². The van der Waals surface area contributed by atoms with Crippen LogP contribution in [0.2, 0.25) is 0 Å². The van der Waals surface area contributed by atoms with Crippen molar-refractivity contribution in [3.63, 3.8) is 0 Å². The molecule has 0 heterocycles. The van der Waals surface area contributed by atoms with Crippen molar-refractivity contribution >= 4 is 0 Å². The predicted octanol–water partition coefficient (Wildman–Crippen LogP) is 2.27. The largest absolute Gasteiger partial charge is 0.497 e. The van der Waals surface area contributed by atoms with Crippen molar-refractivity contribution in [3.05, 3.63) is 23.8 Å². The van der Waals surface area contributed by atoms with Gasteiger partial charge in [0.25, 0.3) is 0 Å². The average molecular weight is 251 g/mol. The molecule has 0 saturated heterocycles. The topological polar surface area (TPSA) is 53.7 Å². The maximum Gasteiger partial charge on any atom is 0.123 e. The smallest absolute Gasteiger partial charge is 0.123 e. The van der Waals surface area contributed by atoms with Crippen molar-refractivity contribution in [2.45, 2.75) is 31.4 Å². The average Bonchev–Trinajstić information content (AvgIpc) is 2.35. The first-order valence-corrected chi connectivity index (χ1v) is 6.33. The molecular weight excluding hydrogens is 230 g/mol. The third kappa shape index (κ3) is 2.94. The fourth-order valence-electron chi connectivity index (χ4n) is 2.00. The van der Waals surface area contributed by atoms with E-state index in [9.17, 15) is 0 Å². The molecule has 0 aromatic heterocycles. The lowest BCUT2D eigenvalue weighted by Crippen LogP contribution is -2.27. The van der Waals surface area contributed by atoms with Gasteiger partial charge in [-0.25, -0.2) is 0 Å². The van der Waals surface area contributed by atoms with Gasteiger partial charge in [0.15, 0.2) is 0 Å². The highest BCUT2D eigenvalue weighted by atomic mass is 16.5. The van der Waals surface area contributed by atoms with Gasteiger partial charge in [-0.05, 0) is 37.5 Å². The highest BCUT2D eigenvalue weighted by Crippen LogP contribution is 2.30. The Morgan fingerprint density at radius 1 is 1.28 bits per heavy atom. The Labute approximate surface area is 108 Å². The van der Waals surface area contributed by atoms with Gasteiger partial charge >= 0.3 is 0 Å². The summed E-state index contributed by atoms with van der Waals surface area (Å²) < 4.78 is 16.3. The number of ether oxygens (including phenoxy) is 3. The minimum atomic E-state index is -0.185. The van der Waals surface area contributed by atoms with Gasteiger partial charge in [0.05, 0.1) is 33.0 Å². The van der Waals surface area contributed by atoms with Crippen LogP contribution >= 0.6 is 0 Å². The van der Waals surface area contributed by atoms with E-state index in [1.54, 1.807) is 14.2 Å². The first kappa shape index (κ1) is 13.2. The van der Waals surface area contributed by atoms with Crippen molar-refractivity contribution in [2.75, 3.05) is 20.8 Å². The summed E-state index contributed by atoms with van der Waals surface area (Å²) in [6.07, 6.45) is 3.97. The first-order chi connectivity index (χ1) is 8.74. The van der Waals surface area contributed by atoms with Crippen LogP contribution in [-0.4, -0.2) is 26.9 Å². The van der Waals surface area contributed by atoms with Gasteiger partial charge in [-0.15, -0.1) is 0 Å². The zero-order chi connectivity index (χ0) is 13.0. The number of methoxy groups -OCH3 is 2. The van der Waals surface area contributed by atoms with Crippen LogP contribution in [0.5, 0.6) is 11.5 Å². The van der Waals surface area contributed by atoms with E-state index in [0.717, 1.165) is 29.9 Å². The van der Waals surface area contributed by atoms with Crippen molar-refractivity contribution in [3.8, 4) is 11.5 Å². The Balaban J connectivity index is 2.03. The third-order valence-electron chi connectivity index (χ3n) is 3.40. The molecule has 0 amide bonds. The summed E-state index contributed by atoms with van der Waals surface area (Å²) in [5.74, 6) is 1.56. The zero-order valence-corrected chi connectivity index (χ0v) is 11.0. The molecule has 4 nitrogen and oxygen atoms in total. The molecule has 1 unspecified atom stereocenters. The van der Waals surface area contributed by atoms with Crippen LogP contribution in [0.15, 0.2) is 18.2 Å². The molecule has 1 aromatic rings. The molecule has 18 heavy (non-hydrogen) atoms. The van der Waals surface area contributed by atoms with E-state index in [-0.39, 0.29) is 6.04 Å². The van der Waals surface area contributed by atoms with E-state index >= 15 is 0 Å². The molecule has 1 fully saturated rings. The fourth-order valence-corrected chi connectivity index (χ4v) is 2.00. The van der Waals surface area contributed by atoms with Crippen molar-refractivity contribution in [1.82, 2.24) is 0 Å². The molecule has 1 atom stereocenters. The van der Waals surface area contributed by atoms with Crippen LogP contribution in [0.25, 0.3) is 0 Å². The van der Waals surface area contributed by atoms with Gasteiger partial charge in [0.1, 0.15) is 11.5 Å². The van der Waals surface area contributed by atoms with E-state index in [1.807, 2.05) is 18.2 Å². The van der Waals surface area contributed by atoms with Gasteiger partial charge in [0.2, 0.25) is 0 Å². The highest BCUT2D eigenvalue weighted by Gasteiger charge is 2.20. The molecule has 100 valence electrons. The standard InChI is InChI=1S/C14H21NO3/c1-16-11-6-7-14(17-2)12(8-11)13(15)9-18-10-4-3-5-10/h6-8,10,13H,3-5,9,15H2,1-2H3. The van der Waals surface area contributed by atoms with E-state index in [2.05, 4.69) is 0 Å². The lowest BCUT2D eigenvalue weighted by atomic mass is 9.96. The highest BCUT2D eigenvalue weighted by molar-refractivity contribution is 5.42. The number of benzene rings is 1. The summed E-state index contributed by atoms with van der Waals surface area (Å²) in [4.78, 5) is 0. The van der Waals surface area contributed by atoms with Crippen LogP contribution in [-0.2, 0) is 4.74 Å². The van der Waals surface area contributed by atoms with Crippen molar-refractivity contribution < 1.29 is 14.2 Å². The second-order valence-electron chi connectivity index (χ2n) is 4.60. The molecule has 0 spiro atoms. The molecule has 0 radical (unpaired) electrons. The molecule has 2 N–H and O–H groups in total. The Morgan fingerprint density at radius 2 is 2.06 bits per heavy atom. The van der Waals surface area contributed by atoms with E-state index in [1.165, 1.54) is 6.42 Å². The SMILES string of the molecule is COc1ccc(OC)c(C(N)COC2CCC2)c1. The van der Waals surface area contributed by atoms with Crippen LogP contribution in [0.3, 0.4) is 0 Å². The van der Waals surface area contributed by atoms with Crippen LogP contribution < -0.4 is 15.2 Å². The first-order valence-electron chi connectivity index (χ1n) is 6.33. The maximum absolute atomic E-state index is 6.16. The maximum atomic E-state index is 6.16. The number of rotatable bonds is 6. The number of hydrogen-bond donors (Lipinski definition) is 1. The minimum Gasteiger partial charge on any atom is -0.497 e. The summed E-state index contributed by atoms with van der Waals surface area (Å²) in [7, 11) is 3.28. The van der Waals surface area contributed by atoms with Gasteiger partial charge < -0.3 is 19.9 Å². The van der Waals surface area contributed by atoms with Crippen molar-refractivity contribution in [1.29, 1.82) is 0 Å². The van der Waals surface area contributed by atoms with E-state index < -0.39 is 0 Å².